The topological polar surface area (TPSA) is 109 Å². The number of benzene rings is 1. The summed E-state index contributed by atoms with van der Waals surface area (Å²) in [6, 6.07) is 8.29. The quantitative estimate of drug-likeness (QED) is 0.667. The number of nitrogens with zero attached hydrogens (tertiary/aromatic N) is 3. The van der Waals surface area contributed by atoms with E-state index in [0.29, 0.717) is 26.1 Å². The Bertz CT molecular complexity index is 863. The summed E-state index contributed by atoms with van der Waals surface area (Å²) in [7, 11) is 1.32. The van der Waals surface area contributed by atoms with Crippen LogP contribution < -0.4 is 10.9 Å². The van der Waals surface area contributed by atoms with Crippen molar-refractivity contribution >= 4 is 11.9 Å². The molecule has 3 N–H and O–H groups in total. The third-order valence-electron chi connectivity index (χ3n) is 5.00. The summed E-state index contributed by atoms with van der Waals surface area (Å²) in [5.41, 5.74) is 8.31. The number of hydrogen-bond acceptors (Lipinski definition) is 7. The van der Waals surface area contributed by atoms with Gasteiger partial charge in [-0.05, 0) is 30.2 Å². The van der Waals surface area contributed by atoms with Gasteiger partial charge in [-0.25, -0.2) is 15.6 Å². The van der Waals surface area contributed by atoms with E-state index in [0.717, 1.165) is 11.3 Å². The summed E-state index contributed by atoms with van der Waals surface area (Å²) in [4.78, 5) is 26.3. The van der Waals surface area contributed by atoms with Gasteiger partial charge in [0.25, 0.3) is 0 Å². The molecule has 0 saturated carbocycles. The Morgan fingerprint density at radius 1 is 1.22 bits per heavy atom. The zero-order chi connectivity index (χ0) is 19.0. The first-order chi connectivity index (χ1) is 13.0. The number of carbonyl (C=O) groups is 2. The zero-order valence-corrected chi connectivity index (χ0v) is 14.9. The fourth-order valence-electron chi connectivity index (χ4n) is 3.52. The molecule has 3 heterocycles. The molecule has 0 spiro atoms. The number of esters is 1. The summed E-state index contributed by atoms with van der Waals surface area (Å²) in [6.45, 7) is 1.49. The molecule has 1 aromatic carbocycles. The maximum Gasteiger partial charge on any atom is 0.358 e. The highest BCUT2D eigenvalue weighted by Crippen LogP contribution is 2.25. The van der Waals surface area contributed by atoms with Crippen molar-refractivity contribution in [2.45, 2.75) is 31.6 Å². The summed E-state index contributed by atoms with van der Waals surface area (Å²) >= 11 is 0. The highest BCUT2D eigenvalue weighted by molar-refractivity contribution is 5.87. The Hall–Kier alpha value is -2.91. The first kappa shape index (κ1) is 17.5. The van der Waals surface area contributed by atoms with Crippen LogP contribution in [-0.2, 0) is 22.6 Å². The number of ether oxygens (including phenoxy) is 1. The maximum atomic E-state index is 12.9. The number of methoxy groups -OCH3 is 1. The summed E-state index contributed by atoms with van der Waals surface area (Å²) < 4.78 is 6.45. The fraction of sp³-hybridized carbons (Fsp3) is 0.389. The molecule has 2 aliphatic heterocycles. The van der Waals surface area contributed by atoms with Crippen LogP contribution in [-0.4, -0.2) is 51.4 Å². The van der Waals surface area contributed by atoms with Crippen molar-refractivity contribution < 1.29 is 19.4 Å². The summed E-state index contributed by atoms with van der Waals surface area (Å²) in [6.07, 6.45) is 0.618. The lowest BCUT2D eigenvalue weighted by Crippen LogP contribution is -2.48. The average Bonchev–Trinajstić information content (AvgIpc) is 3.34. The number of hydrogen-bond donors (Lipinski definition) is 3. The first-order valence-electron chi connectivity index (χ1n) is 8.79. The maximum absolute atomic E-state index is 12.9. The molecule has 2 atom stereocenters. The van der Waals surface area contributed by atoms with Crippen LogP contribution >= 0.6 is 0 Å². The molecule has 0 aliphatic carbocycles. The van der Waals surface area contributed by atoms with Crippen molar-refractivity contribution in [1.82, 2.24) is 25.5 Å². The van der Waals surface area contributed by atoms with E-state index in [1.165, 1.54) is 7.11 Å². The molecule has 27 heavy (non-hydrogen) atoms. The van der Waals surface area contributed by atoms with Crippen molar-refractivity contribution in [3.63, 3.8) is 0 Å². The van der Waals surface area contributed by atoms with Crippen LogP contribution in [0.2, 0.25) is 0 Å². The van der Waals surface area contributed by atoms with Crippen LogP contribution in [0.4, 0.5) is 0 Å². The van der Waals surface area contributed by atoms with E-state index in [9.17, 15) is 14.7 Å². The lowest BCUT2D eigenvalue weighted by Gasteiger charge is -2.29. The number of aromatic hydroxyl groups is 1. The van der Waals surface area contributed by atoms with Crippen LogP contribution in [0.3, 0.4) is 0 Å². The van der Waals surface area contributed by atoms with Gasteiger partial charge in [-0.2, -0.15) is 5.10 Å². The van der Waals surface area contributed by atoms with Crippen LogP contribution in [0.15, 0.2) is 30.3 Å². The van der Waals surface area contributed by atoms with E-state index < -0.39 is 5.97 Å². The number of rotatable bonds is 3. The van der Waals surface area contributed by atoms with Gasteiger partial charge in [-0.3, -0.25) is 9.48 Å². The highest BCUT2D eigenvalue weighted by atomic mass is 16.5. The predicted molar refractivity (Wildman–Crippen MR) is 94.5 cm³/mol. The van der Waals surface area contributed by atoms with Crippen molar-refractivity contribution in [3.05, 3.63) is 47.3 Å². The molecular weight excluding hydrogens is 350 g/mol. The van der Waals surface area contributed by atoms with Gasteiger partial charge in [0, 0.05) is 12.6 Å². The SMILES string of the molecule is COC(=O)c1cc2n(n1)CCN(C(=O)C1CC(c3ccc(O)cc3)NN1)C2. The molecule has 0 bridgehead atoms. The molecule has 142 valence electrons. The fourth-order valence-corrected chi connectivity index (χ4v) is 3.52. The number of hydrazine groups is 1. The lowest BCUT2D eigenvalue weighted by atomic mass is 10.0. The number of amides is 1. The van der Waals surface area contributed by atoms with Crippen molar-refractivity contribution in [2.24, 2.45) is 0 Å². The van der Waals surface area contributed by atoms with Crippen molar-refractivity contribution in [2.75, 3.05) is 13.7 Å². The second kappa shape index (κ2) is 7.01. The molecule has 9 nitrogen and oxygen atoms in total. The largest absolute Gasteiger partial charge is 0.508 e. The highest BCUT2D eigenvalue weighted by Gasteiger charge is 2.34. The van der Waals surface area contributed by atoms with Gasteiger partial charge in [-0.15, -0.1) is 0 Å². The van der Waals surface area contributed by atoms with Crippen LogP contribution in [0.25, 0.3) is 0 Å². The van der Waals surface area contributed by atoms with E-state index in [1.807, 2.05) is 12.1 Å². The minimum atomic E-state index is -0.479. The molecule has 1 fully saturated rings. The monoisotopic (exact) mass is 371 g/mol. The molecule has 2 aromatic rings. The van der Waals surface area contributed by atoms with E-state index >= 15 is 0 Å². The lowest BCUT2D eigenvalue weighted by molar-refractivity contribution is -0.134. The van der Waals surface area contributed by atoms with Gasteiger partial charge in [0.15, 0.2) is 5.69 Å². The Labute approximate surface area is 155 Å². The summed E-state index contributed by atoms with van der Waals surface area (Å²) in [5.74, 6) is -0.252. The minimum Gasteiger partial charge on any atom is -0.508 e. The molecule has 2 aliphatic rings. The number of fused-ring (bicyclic) bond motifs is 1. The van der Waals surface area contributed by atoms with Crippen LogP contribution in [0.5, 0.6) is 5.75 Å². The van der Waals surface area contributed by atoms with E-state index in [4.69, 9.17) is 4.74 Å². The van der Waals surface area contributed by atoms with Crippen LogP contribution in [0, 0.1) is 0 Å². The molecule has 9 heteroatoms. The molecule has 4 rings (SSSR count). The number of aromatic nitrogens is 2. The average molecular weight is 371 g/mol. The second-order valence-electron chi connectivity index (χ2n) is 6.72. The Balaban J connectivity index is 1.41. The number of phenols is 1. The standard InChI is InChI=1S/C18H21N5O4/c1-27-18(26)16-8-12-10-22(6-7-23(12)21-16)17(25)15-9-14(19-20-15)11-2-4-13(24)5-3-11/h2-5,8,14-15,19-20,24H,6-7,9-10H2,1H3. The first-order valence-corrected chi connectivity index (χ1v) is 8.79. The molecule has 1 amide bonds. The van der Waals surface area contributed by atoms with Gasteiger partial charge < -0.3 is 14.7 Å². The van der Waals surface area contributed by atoms with Crippen LogP contribution in [0.1, 0.15) is 34.2 Å². The molecule has 2 unspecified atom stereocenters. The van der Waals surface area contributed by atoms with Gasteiger partial charge in [-0.1, -0.05) is 12.1 Å². The Morgan fingerprint density at radius 3 is 2.74 bits per heavy atom. The van der Waals surface area contributed by atoms with Crippen molar-refractivity contribution in [3.8, 4) is 5.75 Å². The van der Waals surface area contributed by atoms with Crippen molar-refractivity contribution in [1.29, 1.82) is 0 Å². The minimum absolute atomic E-state index is 0.000737. The van der Waals surface area contributed by atoms with Gasteiger partial charge in [0.1, 0.15) is 11.8 Å². The van der Waals surface area contributed by atoms with Gasteiger partial charge in [0.2, 0.25) is 5.91 Å². The molecule has 0 radical (unpaired) electrons. The van der Waals surface area contributed by atoms with Gasteiger partial charge >= 0.3 is 5.97 Å². The molecular formula is C18H21N5O4. The predicted octanol–water partition coefficient (Wildman–Crippen LogP) is 0.325. The molecule has 1 saturated heterocycles. The van der Waals surface area contributed by atoms with E-state index in [-0.39, 0.29) is 29.4 Å². The smallest absolute Gasteiger partial charge is 0.358 e. The summed E-state index contributed by atoms with van der Waals surface area (Å²) in [5, 5.41) is 13.6. The second-order valence-corrected chi connectivity index (χ2v) is 6.72. The molecule has 1 aromatic heterocycles. The normalized spacial score (nSPS) is 21.7. The van der Waals surface area contributed by atoms with Gasteiger partial charge in [0.05, 0.1) is 25.9 Å². The number of carbonyl (C=O) groups excluding carboxylic acids is 2. The zero-order valence-electron chi connectivity index (χ0n) is 14.9. The van der Waals surface area contributed by atoms with E-state index in [2.05, 4.69) is 16.0 Å². The number of nitrogens with one attached hydrogen (secondary N) is 2. The third kappa shape index (κ3) is 3.38. The van der Waals surface area contributed by atoms with E-state index in [1.54, 1.807) is 27.8 Å². The Kier molecular flexibility index (Phi) is 4.54. The Morgan fingerprint density at radius 2 is 2.00 bits per heavy atom. The third-order valence-corrected chi connectivity index (χ3v) is 5.00. The number of phenolic OH excluding ortho intramolecular Hbond substituents is 1.